The maximum absolute atomic E-state index is 6.16. The van der Waals surface area contributed by atoms with Crippen molar-refractivity contribution in [3.05, 3.63) is 29.3 Å². The Morgan fingerprint density at radius 1 is 1.42 bits per heavy atom. The molecule has 1 aromatic rings. The van der Waals surface area contributed by atoms with Crippen LogP contribution in [0.4, 0.5) is 0 Å². The fourth-order valence-corrected chi connectivity index (χ4v) is 3.05. The Morgan fingerprint density at radius 3 is 2.58 bits per heavy atom. The van der Waals surface area contributed by atoms with Crippen molar-refractivity contribution in [2.24, 2.45) is 11.1 Å². The van der Waals surface area contributed by atoms with Gasteiger partial charge in [-0.25, -0.2) is 0 Å². The Labute approximate surface area is 117 Å². The zero-order valence-corrected chi connectivity index (χ0v) is 12.9. The average Bonchev–Trinajstić information content (AvgIpc) is 2.37. The van der Waals surface area contributed by atoms with Crippen LogP contribution in [-0.4, -0.2) is 12.1 Å². The zero-order chi connectivity index (χ0) is 14.2. The summed E-state index contributed by atoms with van der Waals surface area (Å²) in [5.74, 6) is 1.55. The summed E-state index contributed by atoms with van der Waals surface area (Å²) in [6.45, 7) is 11.0. The highest BCUT2D eigenvalue weighted by molar-refractivity contribution is 5.36. The van der Waals surface area contributed by atoms with Gasteiger partial charge in [-0.15, -0.1) is 0 Å². The Balaban J connectivity index is 2.11. The van der Waals surface area contributed by atoms with E-state index in [2.05, 4.69) is 52.8 Å². The number of benzene rings is 1. The van der Waals surface area contributed by atoms with E-state index in [0.29, 0.717) is 5.92 Å². The second kappa shape index (κ2) is 5.16. The topological polar surface area (TPSA) is 35.2 Å². The lowest BCUT2D eigenvalue weighted by atomic mass is 9.62. The van der Waals surface area contributed by atoms with E-state index in [-0.39, 0.29) is 17.6 Å². The van der Waals surface area contributed by atoms with Gasteiger partial charge in [-0.3, -0.25) is 0 Å². The van der Waals surface area contributed by atoms with Gasteiger partial charge in [0.15, 0.2) is 0 Å². The minimum atomic E-state index is 0.130. The molecule has 1 aliphatic rings. The third-order valence-corrected chi connectivity index (χ3v) is 4.95. The molecule has 0 amide bonds. The summed E-state index contributed by atoms with van der Waals surface area (Å²) in [7, 11) is 0. The van der Waals surface area contributed by atoms with Gasteiger partial charge in [0.25, 0.3) is 0 Å². The van der Waals surface area contributed by atoms with E-state index >= 15 is 0 Å². The number of hydrogen-bond acceptors (Lipinski definition) is 2. The van der Waals surface area contributed by atoms with E-state index in [4.69, 9.17) is 10.5 Å². The van der Waals surface area contributed by atoms with E-state index in [0.717, 1.165) is 18.6 Å². The van der Waals surface area contributed by atoms with Crippen LogP contribution in [0.1, 0.15) is 57.6 Å². The summed E-state index contributed by atoms with van der Waals surface area (Å²) in [6.07, 6.45) is 2.30. The molecule has 2 rings (SSSR count). The largest absolute Gasteiger partial charge is 0.490 e. The number of rotatable bonds is 4. The lowest BCUT2D eigenvalue weighted by Crippen LogP contribution is -2.61. The van der Waals surface area contributed by atoms with Crippen molar-refractivity contribution >= 4 is 0 Å². The van der Waals surface area contributed by atoms with Gasteiger partial charge < -0.3 is 10.5 Å². The molecule has 2 N–H and O–H groups in total. The molecule has 3 unspecified atom stereocenters. The molecule has 0 aromatic heterocycles. The average molecular weight is 261 g/mol. The van der Waals surface area contributed by atoms with Gasteiger partial charge in [0.1, 0.15) is 11.9 Å². The molecular weight excluding hydrogens is 234 g/mol. The fourth-order valence-electron chi connectivity index (χ4n) is 3.05. The van der Waals surface area contributed by atoms with Crippen molar-refractivity contribution < 1.29 is 4.74 Å². The van der Waals surface area contributed by atoms with Crippen molar-refractivity contribution in [3.63, 3.8) is 0 Å². The van der Waals surface area contributed by atoms with Crippen molar-refractivity contribution in [1.82, 2.24) is 0 Å². The Morgan fingerprint density at radius 2 is 2.11 bits per heavy atom. The second-order valence-electron chi connectivity index (χ2n) is 6.48. The molecule has 106 valence electrons. The number of nitrogens with two attached hydrogens (primary N) is 1. The van der Waals surface area contributed by atoms with E-state index in [1.807, 2.05) is 0 Å². The van der Waals surface area contributed by atoms with Gasteiger partial charge >= 0.3 is 0 Å². The quantitative estimate of drug-likeness (QED) is 0.888. The van der Waals surface area contributed by atoms with E-state index < -0.39 is 0 Å². The molecule has 2 heteroatoms. The molecule has 3 atom stereocenters. The summed E-state index contributed by atoms with van der Waals surface area (Å²) < 4.78 is 6.16. The standard InChI is InChI=1S/C17H27NO/c1-6-17(5)15(18)10-16(17)19-13-7-8-14(11(2)3)12(4)9-13/h7-9,11,15-16H,6,10,18H2,1-5H3. The molecule has 1 aromatic carbocycles. The SMILES string of the molecule is CCC1(C)C(N)CC1Oc1ccc(C(C)C)c(C)c1. The van der Waals surface area contributed by atoms with Crippen LogP contribution in [-0.2, 0) is 0 Å². The Kier molecular flexibility index (Phi) is 3.91. The summed E-state index contributed by atoms with van der Waals surface area (Å²) in [6, 6.07) is 6.73. The van der Waals surface area contributed by atoms with Gasteiger partial charge in [-0.1, -0.05) is 33.8 Å². The molecule has 0 radical (unpaired) electrons. The van der Waals surface area contributed by atoms with Crippen LogP contribution >= 0.6 is 0 Å². The summed E-state index contributed by atoms with van der Waals surface area (Å²) in [5, 5.41) is 0. The molecule has 1 aliphatic carbocycles. The summed E-state index contributed by atoms with van der Waals surface area (Å²) in [5.41, 5.74) is 8.97. The van der Waals surface area contributed by atoms with Crippen LogP contribution in [0, 0.1) is 12.3 Å². The Bertz CT molecular complexity index is 455. The van der Waals surface area contributed by atoms with Crippen molar-refractivity contribution in [2.75, 3.05) is 0 Å². The molecule has 1 fully saturated rings. The van der Waals surface area contributed by atoms with Crippen molar-refractivity contribution in [3.8, 4) is 5.75 Å². The van der Waals surface area contributed by atoms with E-state index in [1.165, 1.54) is 11.1 Å². The molecule has 2 nitrogen and oxygen atoms in total. The minimum Gasteiger partial charge on any atom is -0.490 e. The molecule has 0 aliphatic heterocycles. The maximum Gasteiger partial charge on any atom is 0.120 e. The monoisotopic (exact) mass is 261 g/mol. The van der Waals surface area contributed by atoms with Crippen LogP contribution in [0.2, 0.25) is 0 Å². The van der Waals surface area contributed by atoms with Gasteiger partial charge in [-0.05, 0) is 42.5 Å². The van der Waals surface area contributed by atoms with Gasteiger partial charge in [0, 0.05) is 17.9 Å². The molecule has 19 heavy (non-hydrogen) atoms. The van der Waals surface area contributed by atoms with Crippen LogP contribution < -0.4 is 10.5 Å². The molecule has 1 saturated carbocycles. The predicted molar refractivity (Wildman–Crippen MR) is 80.7 cm³/mol. The zero-order valence-electron chi connectivity index (χ0n) is 12.9. The number of hydrogen-bond donors (Lipinski definition) is 1. The first kappa shape index (κ1) is 14.4. The van der Waals surface area contributed by atoms with Crippen LogP contribution in [0.15, 0.2) is 18.2 Å². The molecule has 0 heterocycles. The van der Waals surface area contributed by atoms with Crippen molar-refractivity contribution in [2.45, 2.75) is 65.5 Å². The van der Waals surface area contributed by atoms with Gasteiger partial charge in [-0.2, -0.15) is 0 Å². The maximum atomic E-state index is 6.16. The highest BCUT2D eigenvalue weighted by Gasteiger charge is 2.50. The van der Waals surface area contributed by atoms with Crippen molar-refractivity contribution in [1.29, 1.82) is 0 Å². The highest BCUT2D eigenvalue weighted by Crippen LogP contribution is 2.45. The van der Waals surface area contributed by atoms with Crippen LogP contribution in [0.5, 0.6) is 5.75 Å². The minimum absolute atomic E-state index is 0.130. The molecule has 0 spiro atoms. The summed E-state index contributed by atoms with van der Waals surface area (Å²) >= 11 is 0. The smallest absolute Gasteiger partial charge is 0.120 e. The molecule has 0 bridgehead atoms. The number of aryl methyl sites for hydroxylation is 1. The fraction of sp³-hybridized carbons (Fsp3) is 0.647. The van der Waals surface area contributed by atoms with Crippen LogP contribution in [0.3, 0.4) is 0 Å². The first-order valence-corrected chi connectivity index (χ1v) is 7.41. The van der Waals surface area contributed by atoms with E-state index in [1.54, 1.807) is 0 Å². The third kappa shape index (κ3) is 2.51. The first-order chi connectivity index (χ1) is 8.88. The highest BCUT2D eigenvalue weighted by atomic mass is 16.5. The molecule has 0 saturated heterocycles. The summed E-state index contributed by atoms with van der Waals surface area (Å²) in [4.78, 5) is 0. The second-order valence-corrected chi connectivity index (χ2v) is 6.48. The van der Waals surface area contributed by atoms with E-state index in [9.17, 15) is 0 Å². The first-order valence-electron chi connectivity index (χ1n) is 7.41. The predicted octanol–water partition coefficient (Wildman–Crippen LogP) is 4.01. The molecular formula is C17H27NO. The Hall–Kier alpha value is -1.02. The van der Waals surface area contributed by atoms with Gasteiger partial charge in [0.05, 0.1) is 0 Å². The van der Waals surface area contributed by atoms with Crippen LogP contribution in [0.25, 0.3) is 0 Å². The third-order valence-electron chi connectivity index (χ3n) is 4.95. The lowest BCUT2D eigenvalue weighted by Gasteiger charge is -2.51. The van der Waals surface area contributed by atoms with Gasteiger partial charge in [0.2, 0.25) is 0 Å². The lowest BCUT2D eigenvalue weighted by molar-refractivity contribution is -0.0560. The number of ether oxygens (including phenoxy) is 1. The normalized spacial score (nSPS) is 30.3.